The lowest BCUT2D eigenvalue weighted by Crippen LogP contribution is -2.08. The van der Waals surface area contributed by atoms with Crippen molar-refractivity contribution < 1.29 is 4.79 Å². The smallest absolute Gasteiger partial charge is 0.270 e. The standard InChI is InChI=1S/C9H9NO/c1-7(9(10)11)8-5-3-2-4-6-8/h2-7H,1H3. The molecule has 1 aromatic carbocycles. The molecule has 1 unspecified atom stereocenters. The van der Waals surface area contributed by atoms with Crippen LogP contribution < -0.4 is 5.73 Å². The van der Waals surface area contributed by atoms with Crippen LogP contribution in [-0.2, 0) is 4.79 Å². The van der Waals surface area contributed by atoms with Crippen molar-refractivity contribution in [3.63, 3.8) is 0 Å². The van der Waals surface area contributed by atoms with E-state index in [-0.39, 0.29) is 0 Å². The molecule has 0 N–H and O–H groups in total. The Morgan fingerprint density at radius 1 is 1.36 bits per heavy atom. The summed E-state index contributed by atoms with van der Waals surface area (Å²) in [5.41, 5.74) is 9.48. The third-order valence-electron chi connectivity index (χ3n) is 1.67. The minimum Gasteiger partial charge on any atom is -0.270 e. The Bertz CT molecular complexity index is 243. The van der Waals surface area contributed by atoms with Crippen LogP contribution in [0.4, 0.5) is 0 Å². The number of rotatable bonds is 2. The summed E-state index contributed by atoms with van der Waals surface area (Å²) in [5.74, 6) is -1.19. The third-order valence-corrected chi connectivity index (χ3v) is 1.67. The van der Waals surface area contributed by atoms with Crippen molar-refractivity contribution in [1.29, 1.82) is 0 Å². The van der Waals surface area contributed by atoms with Crippen LogP contribution in [0.15, 0.2) is 30.3 Å². The van der Waals surface area contributed by atoms with E-state index in [0.29, 0.717) is 0 Å². The first kappa shape index (κ1) is 7.79. The van der Waals surface area contributed by atoms with E-state index in [1.807, 2.05) is 30.3 Å². The van der Waals surface area contributed by atoms with Crippen LogP contribution in [0.25, 0.3) is 0 Å². The van der Waals surface area contributed by atoms with E-state index in [1.165, 1.54) is 0 Å². The van der Waals surface area contributed by atoms with Gasteiger partial charge in [0.1, 0.15) is 0 Å². The number of carbonyl (C=O) groups is 1. The number of amides is 1. The molecule has 0 aliphatic rings. The molecular weight excluding hydrogens is 138 g/mol. The van der Waals surface area contributed by atoms with Gasteiger partial charge in [0.05, 0.1) is 5.92 Å². The molecule has 0 bridgehead atoms. The molecular formula is C9H9NO. The summed E-state index contributed by atoms with van der Waals surface area (Å²) in [7, 11) is 0. The lowest BCUT2D eigenvalue weighted by Gasteiger charge is -2.03. The maximum atomic E-state index is 10.5. The van der Waals surface area contributed by atoms with E-state index in [1.54, 1.807) is 6.92 Å². The largest absolute Gasteiger partial charge is 0.271 e. The molecule has 0 spiro atoms. The van der Waals surface area contributed by atoms with Crippen molar-refractivity contribution in [3.8, 4) is 0 Å². The summed E-state index contributed by atoms with van der Waals surface area (Å²) in [5, 5.41) is 0. The van der Waals surface area contributed by atoms with Gasteiger partial charge in [-0.2, -0.15) is 0 Å². The molecule has 0 saturated carbocycles. The highest BCUT2D eigenvalue weighted by atomic mass is 16.1. The lowest BCUT2D eigenvalue weighted by atomic mass is 10.0. The maximum Gasteiger partial charge on any atom is 0.271 e. The van der Waals surface area contributed by atoms with Gasteiger partial charge in [-0.25, -0.2) is 0 Å². The highest BCUT2D eigenvalue weighted by molar-refractivity contribution is 5.80. The van der Waals surface area contributed by atoms with Crippen LogP contribution in [0.2, 0.25) is 0 Å². The van der Waals surface area contributed by atoms with Crippen LogP contribution in [0.5, 0.6) is 0 Å². The van der Waals surface area contributed by atoms with E-state index in [4.69, 9.17) is 5.73 Å². The topological polar surface area (TPSA) is 39.4 Å². The summed E-state index contributed by atoms with van der Waals surface area (Å²) in [4.78, 5) is 10.5. The van der Waals surface area contributed by atoms with E-state index < -0.39 is 11.8 Å². The number of nitrogens with zero attached hydrogens (tertiary/aromatic N) is 1. The van der Waals surface area contributed by atoms with E-state index >= 15 is 0 Å². The first-order valence-electron chi connectivity index (χ1n) is 3.49. The van der Waals surface area contributed by atoms with Crippen molar-refractivity contribution in [1.82, 2.24) is 5.73 Å². The molecule has 56 valence electrons. The predicted octanol–water partition coefficient (Wildman–Crippen LogP) is 1.39. The summed E-state index contributed by atoms with van der Waals surface area (Å²) >= 11 is 0. The van der Waals surface area contributed by atoms with Gasteiger partial charge < -0.3 is 0 Å². The molecule has 0 fully saturated rings. The number of carbonyl (C=O) groups excluding carboxylic acids is 1. The number of hydrogen-bond donors (Lipinski definition) is 0. The second-order valence-corrected chi connectivity index (χ2v) is 2.47. The SMILES string of the molecule is CC(C([N])=O)c1ccccc1. The van der Waals surface area contributed by atoms with Crippen LogP contribution in [-0.4, -0.2) is 5.91 Å². The average Bonchev–Trinajstić information content (AvgIpc) is 2.05. The summed E-state index contributed by atoms with van der Waals surface area (Å²) < 4.78 is 0. The van der Waals surface area contributed by atoms with Crippen LogP contribution in [0.1, 0.15) is 18.4 Å². The van der Waals surface area contributed by atoms with Gasteiger partial charge in [0.15, 0.2) is 0 Å². The minimum atomic E-state index is -0.781. The zero-order valence-electron chi connectivity index (χ0n) is 6.32. The quantitative estimate of drug-likeness (QED) is 0.623. The van der Waals surface area contributed by atoms with E-state index in [2.05, 4.69) is 0 Å². The van der Waals surface area contributed by atoms with Gasteiger partial charge in [-0.1, -0.05) is 30.3 Å². The van der Waals surface area contributed by atoms with Crippen molar-refractivity contribution in [3.05, 3.63) is 35.9 Å². The zero-order valence-corrected chi connectivity index (χ0v) is 6.32. The van der Waals surface area contributed by atoms with Crippen LogP contribution in [0, 0.1) is 0 Å². The molecule has 1 amide bonds. The van der Waals surface area contributed by atoms with Crippen LogP contribution in [0.3, 0.4) is 0 Å². The Kier molecular flexibility index (Phi) is 2.26. The van der Waals surface area contributed by atoms with Crippen molar-refractivity contribution >= 4 is 5.91 Å². The van der Waals surface area contributed by atoms with Crippen molar-refractivity contribution in [2.45, 2.75) is 12.8 Å². The lowest BCUT2D eigenvalue weighted by molar-refractivity contribution is -0.119. The van der Waals surface area contributed by atoms with Crippen LogP contribution >= 0.6 is 0 Å². The third kappa shape index (κ3) is 1.80. The second kappa shape index (κ2) is 3.19. The molecule has 0 aliphatic heterocycles. The van der Waals surface area contributed by atoms with E-state index in [9.17, 15) is 4.79 Å². The molecule has 1 atom stereocenters. The Morgan fingerprint density at radius 2 is 1.91 bits per heavy atom. The van der Waals surface area contributed by atoms with Gasteiger partial charge in [0, 0.05) is 0 Å². The summed E-state index contributed by atoms with van der Waals surface area (Å²) in [6, 6.07) is 9.19. The molecule has 1 aromatic rings. The van der Waals surface area contributed by atoms with Crippen molar-refractivity contribution in [2.24, 2.45) is 0 Å². The normalized spacial score (nSPS) is 12.5. The molecule has 0 heterocycles. The van der Waals surface area contributed by atoms with E-state index in [0.717, 1.165) is 5.56 Å². The molecule has 0 aliphatic carbocycles. The monoisotopic (exact) mass is 147 g/mol. The number of benzene rings is 1. The molecule has 11 heavy (non-hydrogen) atoms. The number of hydrogen-bond acceptors (Lipinski definition) is 1. The first-order chi connectivity index (χ1) is 5.22. The fraction of sp³-hybridized carbons (Fsp3) is 0.222. The average molecular weight is 147 g/mol. The molecule has 2 radical (unpaired) electrons. The Morgan fingerprint density at radius 3 is 2.36 bits per heavy atom. The highest BCUT2D eigenvalue weighted by Gasteiger charge is 2.11. The van der Waals surface area contributed by atoms with Gasteiger partial charge in [-0.05, 0) is 12.5 Å². The highest BCUT2D eigenvalue weighted by Crippen LogP contribution is 2.13. The fourth-order valence-corrected chi connectivity index (χ4v) is 0.884. The fourth-order valence-electron chi connectivity index (χ4n) is 0.884. The molecule has 2 nitrogen and oxygen atoms in total. The van der Waals surface area contributed by atoms with Gasteiger partial charge in [-0.3, -0.25) is 4.79 Å². The Hall–Kier alpha value is -1.31. The van der Waals surface area contributed by atoms with Gasteiger partial charge in [-0.15, -0.1) is 5.73 Å². The summed E-state index contributed by atoms with van der Waals surface area (Å²) in [6.45, 7) is 1.68. The Balaban J connectivity index is 2.85. The molecule has 0 saturated heterocycles. The maximum absolute atomic E-state index is 10.5. The summed E-state index contributed by atoms with van der Waals surface area (Å²) in [6.07, 6.45) is 0. The predicted molar refractivity (Wildman–Crippen MR) is 42.0 cm³/mol. The van der Waals surface area contributed by atoms with Gasteiger partial charge >= 0.3 is 0 Å². The first-order valence-corrected chi connectivity index (χ1v) is 3.49. The molecule has 0 aromatic heterocycles. The molecule has 1 rings (SSSR count). The van der Waals surface area contributed by atoms with Crippen molar-refractivity contribution in [2.75, 3.05) is 0 Å². The minimum absolute atomic E-state index is 0.406. The van der Waals surface area contributed by atoms with Gasteiger partial charge in [0.2, 0.25) is 0 Å². The second-order valence-electron chi connectivity index (χ2n) is 2.47. The Labute approximate surface area is 66.0 Å². The zero-order chi connectivity index (χ0) is 8.27. The van der Waals surface area contributed by atoms with Gasteiger partial charge in [0.25, 0.3) is 5.91 Å². The molecule has 2 heteroatoms.